The van der Waals surface area contributed by atoms with Gasteiger partial charge in [0.05, 0.1) is 0 Å². The molecule has 0 spiro atoms. The summed E-state index contributed by atoms with van der Waals surface area (Å²) in [5.74, 6) is 0.398. The van der Waals surface area contributed by atoms with Gasteiger partial charge in [0.1, 0.15) is 0 Å². The fourth-order valence-electron chi connectivity index (χ4n) is 2.27. The molecule has 100 valence electrons. The molecule has 0 amide bonds. The van der Waals surface area contributed by atoms with Gasteiger partial charge >= 0.3 is 0 Å². The fraction of sp³-hybridized carbons (Fsp3) is 0.667. The Balaban J connectivity index is 2.25. The smallest absolute Gasteiger partial charge is 0.255 e. The Kier molecular flexibility index (Phi) is 4.23. The second-order valence-electron chi connectivity index (χ2n) is 5.55. The molecule has 1 N–H and O–H groups in total. The molecule has 0 aliphatic heterocycles. The molecule has 1 aromatic heterocycles. The summed E-state index contributed by atoms with van der Waals surface area (Å²) in [6.45, 7) is 7.94. The maximum Gasteiger partial charge on any atom is 0.255 e. The van der Waals surface area contributed by atoms with Crippen LogP contribution in [0.1, 0.15) is 57.2 Å². The molecule has 1 aliphatic rings. The number of pyridine rings is 1. The molecule has 0 aromatic carbocycles. The van der Waals surface area contributed by atoms with Crippen molar-refractivity contribution < 1.29 is 0 Å². The van der Waals surface area contributed by atoms with Crippen LogP contribution in [0.15, 0.2) is 16.9 Å². The third-order valence-corrected chi connectivity index (χ3v) is 3.48. The lowest BCUT2D eigenvalue weighted by Gasteiger charge is -2.16. The molecule has 3 heteroatoms. The van der Waals surface area contributed by atoms with Crippen molar-refractivity contribution in [1.82, 2.24) is 9.88 Å². The minimum absolute atomic E-state index is 0.191. The van der Waals surface area contributed by atoms with Gasteiger partial charge in [0, 0.05) is 30.4 Å². The SMILES string of the molecule is CCCn1c(C(C)C)ccc(CNC2CC2)c1=O. The van der Waals surface area contributed by atoms with Crippen LogP contribution >= 0.6 is 0 Å². The van der Waals surface area contributed by atoms with E-state index in [2.05, 4.69) is 32.2 Å². The molecule has 1 aromatic rings. The summed E-state index contributed by atoms with van der Waals surface area (Å²) in [6.07, 6.45) is 3.51. The minimum Gasteiger partial charge on any atom is -0.312 e. The van der Waals surface area contributed by atoms with Crippen molar-refractivity contribution in [2.75, 3.05) is 0 Å². The van der Waals surface area contributed by atoms with Crippen molar-refractivity contribution in [1.29, 1.82) is 0 Å². The number of aromatic nitrogens is 1. The third-order valence-electron chi connectivity index (χ3n) is 3.48. The predicted molar refractivity (Wildman–Crippen MR) is 74.9 cm³/mol. The lowest BCUT2D eigenvalue weighted by Crippen LogP contribution is -2.30. The van der Waals surface area contributed by atoms with Crippen LogP contribution in [0, 0.1) is 0 Å². The van der Waals surface area contributed by atoms with Crippen LogP contribution in [0.3, 0.4) is 0 Å². The van der Waals surface area contributed by atoms with Gasteiger partial charge in [-0.3, -0.25) is 4.79 Å². The third kappa shape index (κ3) is 3.02. The molecule has 0 atom stereocenters. The summed E-state index contributed by atoms with van der Waals surface area (Å²) >= 11 is 0. The fourth-order valence-corrected chi connectivity index (χ4v) is 2.27. The zero-order valence-electron chi connectivity index (χ0n) is 11.7. The van der Waals surface area contributed by atoms with Crippen molar-refractivity contribution >= 4 is 0 Å². The Morgan fingerprint density at radius 3 is 2.67 bits per heavy atom. The molecule has 3 nitrogen and oxygen atoms in total. The van der Waals surface area contributed by atoms with E-state index < -0.39 is 0 Å². The molecule has 0 saturated heterocycles. The first-order valence-electron chi connectivity index (χ1n) is 7.09. The summed E-state index contributed by atoms with van der Waals surface area (Å²) in [4.78, 5) is 12.4. The first kappa shape index (κ1) is 13.3. The molecule has 18 heavy (non-hydrogen) atoms. The predicted octanol–water partition coefficient (Wildman–Crippen LogP) is 2.63. The van der Waals surface area contributed by atoms with Crippen LogP contribution < -0.4 is 10.9 Å². The van der Waals surface area contributed by atoms with Crippen molar-refractivity contribution in [2.45, 2.75) is 65.1 Å². The first-order chi connectivity index (χ1) is 8.63. The van der Waals surface area contributed by atoms with E-state index in [1.165, 1.54) is 12.8 Å². The molecule has 1 aliphatic carbocycles. The quantitative estimate of drug-likeness (QED) is 0.839. The number of rotatable bonds is 6. The Morgan fingerprint density at radius 2 is 2.11 bits per heavy atom. The highest BCUT2D eigenvalue weighted by molar-refractivity contribution is 5.18. The molecular weight excluding hydrogens is 224 g/mol. The van der Waals surface area contributed by atoms with E-state index in [0.29, 0.717) is 18.5 Å². The molecule has 1 saturated carbocycles. The summed E-state index contributed by atoms with van der Waals surface area (Å²) in [5, 5.41) is 3.42. The van der Waals surface area contributed by atoms with Crippen molar-refractivity contribution in [2.24, 2.45) is 0 Å². The number of hydrogen-bond acceptors (Lipinski definition) is 2. The van der Waals surface area contributed by atoms with Crippen molar-refractivity contribution in [3.8, 4) is 0 Å². The number of nitrogens with one attached hydrogen (secondary N) is 1. The number of nitrogens with zero attached hydrogens (tertiary/aromatic N) is 1. The van der Waals surface area contributed by atoms with Gasteiger partial charge in [-0.05, 0) is 31.2 Å². The zero-order valence-corrected chi connectivity index (χ0v) is 11.7. The van der Waals surface area contributed by atoms with Gasteiger partial charge in [-0.15, -0.1) is 0 Å². The van der Waals surface area contributed by atoms with Crippen LogP contribution in [0.4, 0.5) is 0 Å². The van der Waals surface area contributed by atoms with E-state index in [-0.39, 0.29) is 5.56 Å². The van der Waals surface area contributed by atoms with E-state index in [1.807, 2.05) is 10.6 Å². The topological polar surface area (TPSA) is 34.0 Å². The molecule has 2 rings (SSSR count). The Labute approximate surface area is 109 Å². The first-order valence-corrected chi connectivity index (χ1v) is 7.09. The maximum absolute atomic E-state index is 12.4. The highest BCUT2D eigenvalue weighted by atomic mass is 16.1. The highest BCUT2D eigenvalue weighted by Gasteiger charge is 2.21. The van der Waals surface area contributed by atoms with Gasteiger partial charge in [-0.2, -0.15) is 0 Å². The number of hydrogen-bond donors (Lipinski definition) is 1. The van der Waals surface area contributed by atoms with Crippen LogP contribution in [-0.4, -0.2) is 10.6 Å². The molecular formula is C15H24N2O. The second kappa shape index (κ2) is 5.70. The van der Waals surface area contributed by atoms with Gasteiger partial charge in [0.15, 0.2) is 0 Å². The van der Waals surface area contributed by atoms with E-state index in [0.717, 1.165) is 24.2 Å². The van der Waals surface area contributed by atoms with Gasteiger partial charge in [0.2, 0.25) is 0 Å². The molecule has 1 fully saturated rings. The van der Waals surface area contributed by atoms with Gasteiger partial charge in [-0.25, -0.2) is 0 Å². The molecule has 1 heterocycles. The van der Waals surface area contributed by atoms with E-state index in [9.17, 15) is 4.79 Å². The Hall–Kier alpha value is -1.09. The van der Waals surface area contributed by atoms with Crippen molar-refractivity contribution in [3.05, 3.63) is 33.7 Å². The standard InChI is InChI=1S/C15H24N2O/c1-4-9-17-14(11(2)3)8-5-12(15(17)18)10-16-13-6-7-13/h5,8,11,13,16H,4,6-7,9-10H2,1-3H3. The summed E-state index contributed by atoms with van der Waals surface area (Å²) < 4.78 is 1.95. The summed E-state index contributed by atoms with van der Waals surface area (Å²) in [5.41, 5.74) is 2.24. The second-order valence-corrected chi connectivity index (χ2v) is 5.55. The normalized spacial score (nSPS) is 15.3. The monoisotopic (exact) mass is 248 g/mol. The zero-order chi connectivity index (χ0) is 13.1. The Bertz CT molecular complexity index is 458. The van der Waals surface area contributed by atoms with Crippen LogP contribution in [0.25, 0.3) is 0 Å². The van der Waals surface area contributed by atoms with E-state index >= 15 is 0 Å². The average Bonchev–Trinajstić information content (AvgIpc) is 3.14. The lowest BCUT2D eigenvalue weighted by molar-refractivity contribution is 0.582. The van der Waals surface area contributed by atoms with E-state index in [4.69, 9.17) is 0 Å². The molecule has 0 radical (unpaired) electrons. The lowest BCUT2D eigenvalue weighted by atomic mass is 10.1. The molecule has 0 bridgehead atoms. The Morgan fingerprint density at radius 1 is 1.39 bits per heavy atom. The summed E-state index contributed by atoms with van der Waals surface area (Å²) in [7, 11) is 0. The van der Waals surface area contributed by atoms with Gasteiger partial charge < -0.3 is 9.88 Å². The van der Waals surface area contributed by atoms with Crippen molar-refractivity contribution in [3.63, 3.8) is 0 Å². The molecule has 0 unspecified atom stereocenters. The highest BCUT2D eigenvalue weighted by Crippen LogP contribution is 2.19. The van der Waals surface area contributed by atoms with Crippen LogP contribution in [0.5, 0.6) is 0 Å². The van der Waals surface area contributed by atoms with Crippen LogP contribution in [-0.2, 0) is 13.1 Å². The maximum atomic E-state index is 12.4. The van der Waals surface area contributed by atoms with E-state index in [1.54, 1.807) is 0 Å². The summed E-state index contributed by atoms with van der Waals surface area (Å²) in [6, 6.07) is 4.76. The average molecular weight is 248 g/mol. The van der Waals surface area contributed by atoms with Gasteiger partial charge in [0.25, 0.3) is 5.56 Å². The van der Waals surface area contributed by atoms with Crippen LogP contribution in [0.2, 0.25) is 0 Å². The van der Waals surface area contributed by atoms with Gasteiger partial charge in [-0.1, -0.05) is 26.8 Å². The largest absolute Gasteiger partial charge is 0.312 e. The minimum atomic E-state index is 0.191.